The Hall–Kier alpha value is -3.74. The fraction of sp³-hybridized carbons (Fsp3) is 0.182. The molecule has 7 heteroatoms. The van der Waals surface area contributed by atoms with Gasteiger partial charge >= 0.3 is 0 Å². The SMILES string of the molecule is COc1cccc(CCNC(=O)c2ccc(Nc3ccc(C(C)=O)cc3)nn2)c1. The number of hydrogen-bond acceptors (Lipinski definition) is 6. The first-order chi connectivity index (χ1) is 14.0. The average molecular weight is 390 g/mol. The number of carbonyl (C=O) groups excluding carboxylic acids is 2. The number of rotatable bonds is 8. The first-order valence-electron chi connectivity index (χ1n) is 9.18. The van der Waals surface area contributed by atoms with E-state index < -0.39 is 0 Å². The van der Waals surface area contributed by atoms with Crippen molar-refractivity contribution >= 4 is 23.2 Å². The fourth-order valence-electron chi connectivity index (χ4n) is 2.70. The number of hydrogen-bond donors (Lipinski definition) is 2. The number of Topliss-reactive ketones (excluding diaryl/α,β-unsaturated/α-hetero) is 1. The molecular formula is C22H22N4O3. The zero-order chi connectivity index (χ0) is 20.6. The lowest BCUT2D eigenvalue weighted by Crippen LogP contribution is -2.26. The summed E-state index contributed by atoms with van der Waals surface area (Å²) < 4.78 is 5.20. The third kappa shape index (κ3) is 5.62. The standard InChI is InChI=1S/C22H22N4O3/c1-15(27)17-6-8-18(9-7-17)24-21-11-10-20(25-26-21)22(28)23-13-12-16-4-3-5-19(14-16)29-2/h3-11,14H,12-13H2,1-2H3,(H,23,28)(H,24,26). The molecule has 2 aromatic carbocycles. The summed E-state index contributed by atoms with van der Waals surface area (Å²) >= 11 is 0. The molecule has 1 amide bonds. The molecule has 0 saturated carbocycles. The van der Waals surface area contributed by atoms with Gasteiger partial charge in [-0.2, -0.15) is 0 Å². The van der Waals surface area contributed by atoms with E-state index in [-0.39, 0.29) is 17.4 Å². The van der Waals surface area contributed by atoms with Crippen molar-refractivity contribution in [3.05, 3.63) is 77.5 Å². The summed E-state index contributed by atoms with van der Waals surface area (Å²) in [7, 11) is 1.62. The van der Waals surface area contributed by atoms with Crippen molar-refractivity contribution in [3.63, 3.8) is 0 Å². The first-order valence-corrected chi connectivity index (χ1v) is 9.18. The Balaban J connectivity index is 1.52. The highest BCUT2D eigenvalue weighted by atomic mass is 16.5. The number of ether oxygens (including phenoxy) is 1. The molecule has 0 radical (unpaired) electrons. The number of benzene rings is 2. The number of nitrogens with one attached hydrogen (secondary N) is 2. The highest BCUT2D eigenvalue weighted by Gasteiger charge is 2.08. The van der Waals surface area contributed by atoms with Crippen LogP contribution >= 0.6 is 0 Å². The van der Waals surface area contributed by atoms with E-state index in [0.29, 0.717) is 24.3 Å². The van der Waals surface area contributed by atoms with Gasteiger partial charge < -0.3 is 15.4 Å². The summed E-state index contributed by atoms with van der Waals surface area (Å²) in [5, 5.41) is 13.9. The number of methoxy groups -OCH3 is 1. The van der Waals surface area contributed by atoms with E-state index >= 15 is 0 Å². The number of carbonyl (C=O) groups is 2. The van der Waals surface area contributed by atoms with Crippen molar-refractivity contribution < 1.29 is 14.3 Å². The first kappa shape index (κ1) is 20.0. The minimum absolute atomic E-state index is 0.0121. The van der Waals surface area contributed by atoms with Gasteiger partial charge in [0.15, 0.2) is 17.3 Å². The lowest BCUT2D eigenvalue weighted by atomic mass is 10.1. The molecule has 2 N–H and O–H groups in total. The number of ketones is 1. The van der Waals surface area contributed by atoms with Crippen LogP contribution in [0.5, 0.6) is 5.75 Å². The number of anilines is 2. The van der Waals surface area contributed by atoms with Gasteiger partial charge in [-0.3, -0.25) is 9.59 Å². The summed E-state index contributed by atoms with van der Waals surface area (Å²) in [6.45, 7) is 2.00. The smallest absolute Gasteiger partial charge is 0.271 e. The van der Waals surface area contributed by atoms with E-state index in [2.05, 4.69) is 20.8 Å². The molecule has 0 unspecified atom stereocenters. The van der Waals surface area contributed by atoms with Gasteiger partial charge in [0.25, 0.3) is 5.91 Å². The molecule has 0 fully saturated rings. The van der Waals surface area contributed by atoms with E-state index in [1.54, 1.807) is 43.5 Å². The summed E-state index contributed by atoms with van der Waals surface area (Å²) in [6.07, 6.45) is 0.687. The zero-order valence-corrected chi connectivity index (χ0v) is 16.3. The highest BCUT2D eigenvalue weighted by molar-refractivity contribution is 5.94. The molecule has 0 saturated heterocycles. The quantitative estimate of drug-likeness (QED) is 0.573. The van der Waals surface area contributed by atoms with Gasteiger partial charge in [0, 0.05) is 17.8 Å². The lowest BCUT2D eigenvalue weighted by Gasteiger charge is -2.08. The Labute approximate surface area is 169 Å². The molecule has 0 atom stereocenters. The second-order valence-corrected chi connectivity index (χ2v) is 6.42. The Morgan fingerprint density at radius 3 is 2.45 bits per heavy atom. The van der Waals surface area contributed by atoms with Crippen LogP contribution in [0.3, 0.4) is 0 Å². The van der Waals surface area contributed by atoms with Gasteiger partial charge in [-0.05, 0) is 67.4 Å². The van der Waals surface area contributed by atoms with E-state index in [9.17, 15) is 9.59 Å². The van der Waals surface area contributed by atoms with Crippen LogP contribution < -0.4 is 15.4 Å². The van der Waals surface area contributed by atoms with Crippen molar-refractivity contribution in [2.75, 3.05) is 19.0 Å². The zero-order valence-electron chi connectivity index (χ0n) is 16.3. The fourth-order valence-corrected chi connectivity index (χ4v) is 2.70. The summed E-state index contributed by atoms with van der Waals surface area (Å²) in [5.74, 6) is 1.03. The van der Waals surface area contributed by atoms with E-state index in [1.165, 1.54) is 6.92 Å². The second kappa shape index (κ2) is 9.45. The van der Waals surface area contributed by atoms with Crippen LogP contribution in [-0.2, 0) is 6.42 Å². The van der Waals surface area contributed by atoms with Gasteiger partial charge in [0.05, 0.1) is 7.11 Å². The van der Waals surface area contributed by atoms with Crippen LogP contribution in [0.1, 0.15) is 33.3 Å². The third-order valence-electron chi connectivity index (χ3n) is 4.29. The molecule has 3 rings (SSSR count). The molecule has 7 nitrogen and oxygen atoms in total. The largest absolute Gasteiger partial charge is 0.497 e. The van der Waals surface area contributed by atoms with Gasteiger partial charge in [-0.25, -0.2) is 0 Å². The number of aromatic nitrogens is 2. The minimum Gasteiger partial charge on any atom is -0.497 e. The number of nitrogens with zero attached hydrogens (tertiary/aromatic N) is 2. The maximum atomic E-state index is 12.2. The summed E-state index contributed by atoms with van der Waals surface area (Å²) in [6, 6.07) is 18.1. The molecule has 0 aliphatic heterocycles. The molecule has 0 bridgehead atoms. The highest BCUT2D eigenvalue weighted by Crippen LogP contribution is 2.15. The van der Waals surface area contributed by atoms with Crippen LogP contribution in [0.4, 0.5) is 11.5 Å². The van der Waals surface area contributed by atoms with Gasteiger partial charge in [0.1, 0.15) is 5.75 Å². The maximum absolute atomic E-state index is 12.2. The van der Waals surface area contributed by atoms with E-state index in [4.69, 9.17) is 4.74 Å². The average Bonchev–Trinajstić information content (AvgIpc) is 2.74. The van der Waals surface area contributed by atoms with Crippen molar-refractivity contribution in [1.29, 1.82) is 0 Å². The molecule has 1 aromatic heterocycles. The van der Waals surface area contributed by atoms with Crippen LogP contribution in [0.15, 0.2) is 60.7 Å². The van der Waals surface area contributed by atoms with E-state index in [0.717, 1.165) is 17.0 Å². The Morgan fingerprint density at radius 1 is 1.00 bits per heavy atom. The van der Waals surface area contributed by atoms with Gasteiger partial charge in [-0.1, -0.05) is 12.1 Å². The molecule has 1 heterocycles. The molecule has 3 aromatic rings. The molecular weight excluding hydrogens is 368 g/mol. The third-order valence-corrected chi connectivity index (χ3v) is 4.29. The van der Waals surface area contributed by atoms with Gasteiger partial charge in [-0.15, -0.1) is 10.2 Å². The molecule has 0 aliphatic rings. The summed E-state index contributed by atoms with van der Waals surface area (Å²) in [5.41, 5.74) is 2.74. The topological polar surface area (TPSA) is 93.2 Å². The minimum atomic E-state index is -0.280. The molecule has 148 valence electrons. The molecule has 0 aliphatic carbocycles. The normalized spacial score (nSPS) is 10.3. The monoisotopic (exact) mass is 390 g/mol. The molecule has 0 spiro atoms. The predicted octanol–water partition coefficient (Wildman–Crippen LogP) is 3.40. The van der Waals surface area contributed by atoms with Crippen LogP contribution in [0.2, 0.25) is 0 Å². The van der Waals surface area contributed by atoms with Crippen molar-refractivity contribution in [3.8, 4) is 5.75 Å². The molecule has 29 heavy (non-hydrogen) atoms. The van der Waals surface area contributed by atoms with Crippen molar-refractivity contribution in [2.45, 2.75) is 13.3 Å². The lowest BCUT2D eigenvalue weighted by molar-refractivity contribution is 0.0947. The Morgan fingerprint density at radius 2 is 1.79 bits per heavy atom. The predicted molar refractivity (Wildman–Crippen MR) is 111 cm³/mol. The number of amides is 1. The maximum Gasteiger partial charge on any atom is 0.271 e. The van der Waals surface area contributed by atoms with Crippen molar-refractivity contribution in [1.82, 2.24) is 15.5 Å². The van der Waals surface area contributed by atoms with Crippen LogP contribution in [-0.4, -0.2) is 35.5 Å². The van der Waals surface area contributed by atoms with E-state index in [1.807, 2.05) is 24.3 Å². The Bertz CT molecular complexity index is 986. The van der Waals surface area contributed by atoms with Crippen LogP contribution in [0, 0.1) is 0 Å². The second-order valence-electron chi connectivity index (χ2n) is 6.42. The van der Waals surface area contributed by atoms with Crippen molar-refractivity contribution in [2.24, 2.45) is 0 Å². The van der Waals surface area contributed by atoms with Gasteiger partial charge in [0.2, 0.25) is 0 Å². The summed E-state index contributed by atoms with van der Waals surface area (Å²) in [4.78, 5) is 23.6. The van der Waals surface area contributed by atoms with Crippen LogP contribution in [0.25, 0.3) is 0 Å². The Kier molecular flexibility index (Phi) is 6.52.